The normalized spacial score (nSPS) is 12.9. The molecule has 0 bridgehead atoms. The minimum atomic E-state index is -3.70. The molecule has 2 aromatic rings. The molecule has 8 heteroatoms. The van der Waals surface area contributed by atoms with Crippen LogP contribution in [-0.2, 0) is 10.0 Å². The number of halogens is 1. The maximum Gasteiger partial charge on any atom is 0.262 e. The predicted octanol–water partition coefficient (Wildman–Crippen LogP) is 2.65. The van der Waals surface area contributed by atoms with Crippen LogP contribution in [0.4, 0.5) is 0 Å². The molecule has 2 rings (SSSR count). The molecule has 0 radical (unpaired) electrons. The number of primary sulfonamides is 1. The van der Waals surface area contributed by atoms with E-state index in [2.05, 4.69) is 21.2 Å². The van der Waals surface area contributed by atoms with Gasteiger partial charge in [0, 0.05) is 4.47 Å². The third-order valence-electron chi connectivity index (χ3n) is 2.88. The van der Waals surface area contributed by atoms with Crippen LogP contribution in [-0.4, -0.2) is 14.3 Å². The topological polar surface area (TPSA) is 89.3 Å². The van der Waals surface area contributed by atoms with Crippen LogP contribution in [0.5, 0.6) is 0 Å². The number of nitrogens with one attached hydrogen (secondary N) is 1. The maximum atomic E-state index is 12.1. The zero-order chi connectivity index (χ0) is 15.6. The van der Waals surface area contributed by atoms with E-state index in [-0.39, 0.29) is 16.8 Å². The number of amides is 1. The number of nitrogens with two attached hydrogens (primary N) is 1. The zero-order valence-electron chi connectivity index (χ0n) is 11.0. The van der Waals surface area contributed by atoms with Gasteiger partial charge in [-0.25, -0.2) is 13.6 Å². The number of rotatable bonds is 4. The molecule has 0 saturated heterocycles. The van der Waals surface area contributed by atoms with Crippen molar-refractivity contribution in [3.63, 3.8) is 0 Å². The molecule has 1 atom stereocenters. The summed E-state index contributed by atoms with van der Waals surface area (Å²) >= 11 is 4.66. The van der Waals surface area contributed by atoms with E-state index in [1.165, 1.54) is 23.5 Å². The third kappa shape index (κ3) is 3.91. The van der Waals surface area contributed by atoms with E-state index in [1.807, 2.05) is 18.4 Å². The van der Waals surface area contributed by atoms with Gasteiger partial charge >= 0.3 is 0 Å². The van der Waals surface area contributed by atoms with Gasteiger partial charge in [-0.3, -0.25) is 4.79 Å². The number of hydrogen-bond acceptors (Lipinski definition) is 4. The van der Waals surface area contributed by atoms with Crippen LogP contribution >= 0.6 is 27.3 Å². The molecular formula is C13H13BrN2O3S2. The van der Waals surface area contributed by atoms with Crippen LogP contribution in [0.3, 0.4) is 0 Å². The standard InChI is InChI=1S/C13H13BrN2O3S2/c1-8(16-13(17)12-11(14)6-7-20-12)9-2-4-10(5-3-9)21(15,18)19/h2-8H,1H3,(H,16,17)(H2,15,18,19). The van der Waals surface area contributed by atoms with Gasteiger partial charge in [-0.05, 0) is 52.0 Å². The second-order valence-electron chi connectivity index (χ2n) is 4.41. The Morgan fingerprint density at radius 3 is 2.38 bits per heavy atom. The Morgan fingerprint density at radius 2 is 1.90 bits per heavy atom. The SMILES string of the molecule is CC(NC(=O)c1sccc1Br)c1ccc(S(N)(=O)=O)cc1. The fourth-order valence-electron chi connectivity index (χ4n) is 1.75. The Bertz CT molecular complexity index is 754. The molecule has 0 aliphatic rings. The van der Waals surface area contributed by atoms with Crippen LogP contribution in [0.2, 0.25) is 0 Å². The number of thiophene rings is 1. The Balaban J connectivity index is 2.12. The monoisotopic (exact) mass is 388 g/mol. The molecular weight excluding hydrogens is 376 g/mol. The first-order valence-corrected chi connectivity index (χ1v) is 9.17. The fraction of sp³-hybridized carbons (Fsp3) is 0.154. The van der Waals surface area contributed by atoms with Crippen molar-refractivity contribution < 1.29 is 13.2 Å². The van der Waals surface area contributed by atoms with Crippen molar-refractivity contribution in [1.82, 2.24) is 5.32 Å². The molecule has 0 aliphatic heterocycles. The lowest BCUT2D eigenvalue weighted by Crippen LogP contribution is -2.26. The lowest BCUT2D eigenvalue weighted by Gasteiger charge is -2.14. The fourth-order valence-corrected chi connectivity index (χ4v) is 3.72. The van der Waals surface area contributed by atoms with E-state index in [0.717, 1.165) is 10.0 Å². The van der Waals surface area contributed by atoms with Gasteiger partial charge < -0.3 is 5.32 Å². The van der Waals surface area contributed by atoms with Crippen molar-refractivity contribution in [2.75, 3.05) is 0 Å². The van der Waals surface area contributed by atoms with Crippen molar-refractivity contribution in [2.24, 2.45) is 5.14 Å². The van der Waals surface area contributed by atoms with Gasteiger partial charge in [-0.1, -0.05) is 12.1 Å². The van der Waals surface area contributed by atoms with Crippen molar-refractivity contribution >= 4 is 43.2 Å². The van der Waals surface area contributed by atoms with E-state index in [9.17, 15) is 13.2 Å². The largest absolute Gasteiger partial charge is 0.345 e. The van der Waals surface area contributed by atoms with E-state index in [4.69, 9.17) is 5.14 Å². The van der Waals surface area contributed by atoms with Crippen LogP contribution in [0.1, 0.15) is 28.2 Å². The number of benzene rings is 1. The summed E-state index contributed by atoms with van der Waals surface area (Å²) in [5.41, 5.74) is 0.795. The van der Waals surface area contributed by atoms with Gasteiger partial charge in [0.2, 0.25) is 10.0 Å². The first-order chi connectivity index (χ1) is 9.79. The van der Waals surface area contributed by atoms with Gasteiger partial charge in [0.05, 0.1) is 10.9 Å². The molecule has 1 unspecified atom stereocenters. The van der Waals surface area contributed by atoms with Gasteiger partial charge in [-0.2, -0.15) is 0 Å². The summed E-state index contributed by atoms with van der Waals surface area (Å²) in [7, 11) is -3.70. The first kappa shape index (κ1) is 16.2. The molecule has 1 amide bonds. The quantitative estimate of drug-likeness (QED) is 0.843. The Kier molecular flexibility index (Phi) is 4.82. The molecule has 3 N–H and O–H groups in total. The molecule has 0 aliphatic carbocycles. The summed E-state index contributed by atoms with van der Waals surface area (Å²) in [5.74, 6) is -0.181. The third-order valence-corrected chi connectivity index (χ3v) is 5.65. The first-order valence-electron chi connectivity index (χ1n) is 5.95. The highest BCUT2D eigenvalue weighted by Crippen LogP contribution is 2.23. The minimum Gasteiger partial charge on any atom is -0.345 e. The highest BCUT2D eigenvalue weighted by molar-refractivity contribution is 9.10. The summed E-state index contributed by atoms with van der Waals surface area (Å²) in [5, 5.41) is 9.73. The summed E-state index contributed by atoms with van der Waals surface area (Å²) in [4.78, 5) is 12.7. The molecule has 112 valence electrons. The average Bonchev–Trinajstić information content (AvgIpc) is 2.84. The van der Waals surface area contributed by atoms with E-state index >= 15 is 0 Å². The van der Waals surface area contributed by atoms with Crippen molar-refractivity contribution in [3.8, 4) is 0 Å². The maximum absolute atomic E-state index is 12.1. The van der Waals surface area contributed by atoms with Crippen LogP contribution in [0, 0.1) is 0 Å². The molecule has 1 heterocycles. The van der Waals surface area contributed by atoms with Crippen LogP contribution < -0.4 is 10.5 Å². The van der Waals surface area contributed by atoms with Crippen molar-refractivity contribution in [2.45, 2.75) is 17.9 Å². The lowest BCUT2D eigenvalue weighted by atomic mass is 10.1. The van der Waals surface area contributed by atoms with E-state index < -0.39 is 10.0 Å². The van der Waals surface area contributed by atoms with Gasteiger partial charge in [0.1, 0.15) is 4.88 Å². The molecule has 0 saturated carbocycles. The smallest absolute Gasteiger partial charge is 0.262 e. The number of carbonyl (C=O) groups is 1. The number of hydrogen-bond donors (Lipinski definition) is 2. The number of sulfonamides is 1. The highest BCUT2D eigenvalue weighted by Gasteiger charge is 2.16. The summed E-state index contributed by atoms with van der Waals surface area (Å²) < 4.78 is 23.1. The lowest BCUT2D eigenvalue weighted by molar-refractivity contribution is 0.0943. The molecule has 1 aromatic heterocycles. The van der Waals surface area contributed by atoms with Crippen molar-refractivity contribution in [3.05, 3.63) is 50.6 Å². The molecule has 21 heavy (non-hydrogen) atoms. The van der Waals surface area contributed by atoms with Gasteiger partial charge in [0.15, 0.2) is 0 Å². The van der Waals surface area contributed by atoms with E-state index in [1.54, 1.807) is 12.1 Å². The Morgan fingerprint density at radius 1 is 1.29 bits per heavy atom. The Hall–Kier alpha value is -1.22. The zero-order valence-corrected chi connectivity index (χ0v) is 14.3. The van der Waals surface area contributed by atoms with E-state index in [0.29, 0.717) is 4.88 Å². The van der Waals surface area contributed by atoms with Gasteiger partial charge in [-0.15, -0.1) is 11.3 Å². The van der Waals surface area contributed by atoms with Crippen molar-refractivity contribution in [1.29, 1.82) is 0 Å². The number of carbonyl (C=O) groups excluding carboxylic acids is 1. The summed E-state index contributed by atoms with van der Waals surface area (Å²) in [6, 6.07) is 7.68. The van der Waals surface area contributed by atoms with Gasteiger partial charge in [0.25, 0.3) is 5.91 Å². The second-order valence-corrected chi connectivity index (χ2v) is 7.74. The van der Waals surface area contributed by atoms with Crippen LogP contribution in [0.15, 0.2) is 45.1 Å². The summed E-state index contributed by atoms with van der Waals surface area (Å²) in [6.07, 6.45) is 0. The minimum absolute atomic E-state index is 0.0470. The predicted molar refractivity (Wildman–Crippen MR) is 85.7 cm³/mol. The molecule has 1 aromatic carbocycles. The molecule has 5 nitrogen and oxygen atoms in total. The summed E-state index contributed by atoms with van der Waals surface area (Å²) in [6.45, 7) is 1.82. The molecule has 0 spiro atoms. The Labute approximate surface area is 135 Å². The molecule has 0 fully saturated rings. The van der Waals surface area contributed by atoms with Crippen LogP contribution in [0.25, 0.3) is 0 Å². The second kappa shape index (κ2) is 6.27. The highest BCUT2D eigenvalue weighted by atomic mass is 79.9. The average molecular weight is 389 g/mol.